The van der Waals surface area contributed by atoms with Crippen molar-refractivity contribution in [1.29, 1.82) is 0 Å². The highest BCUT2D eigenvalue weighted by Crippen LogP contribution is 2.31. The average Bonchev–Trinajstić information content (AvgIpc) is 2.74. The first-order valence-electron chi connectivity index (χ1n) is 6.84. The van der Waals surface area contributed by atoms with Crippen LogP contribution in [0.15, 0.2) is 12.3 Å². The number of nitrogens with two attached hydrogens (primary N) is 1. The minimum Gasteiger partial charge on any atom is -0.381 e. The molecule has 0 aromatic carbocycles. The summed E-state index contributed by atoms with van der Waals surface area (Å²) in [7, 11) is 0. The van der Waals surface area contributed by atoms with Crippen LogP contribution in [0.3, 0.4) is 0 Å². The molecule has 5 nitrogen and oxygen atoms in total. The summed E-state index contributed by atoms with van der Waals surface area (Å²) in [5.41, 5.74) is 8.98. The minimum atomic E-state index is 0.309. The molecule has 1 saturated heterocycles. The van der Waals surface area contributed by atoms with Crippen molar-refractivity contribution < 1.29 is 4.74 Å². The summed E-state index contributed by atoms with van der Waals surface area (Å²) in [4.78, 5) is 8.94. The van der Waals surface area contributed by atoms with Gasteiger partial charge in [0.25, 0.3) is 0 Å². The van der Waals surface area contributed by atoms with E-state index in [1.54, 1.807) is 0 Å². The van der Waals surface area contributed by atoms with Crippen molar-refractivity contribution in [2.24, 2.45) is 5.92 Å². The first-order chi connectivity index (χ1) is 9.16. The van der Waals surface area contributed by atoms with Crippen LogP contribution in [-0.4, -0.2) is 27.7 Å². The third kappa shape index (κ3) is 2.18. The Hall–Kier alpha value is -1.62. The highest BCUT2D eigenvalue weighted by Gasteiger charge is 2.25. The Labute approximate surface area is 112 Å². The molecule has 1 aliphatic heterocycles. The Balaban J connectivity index is 2.01. The Morgan fingerprint density at radius 2 is 2.16 bits per heavy atom. The van der Waals surface area contributed by atoms with Gasteiger partial charge in [-0.15, -0.1) is 0 Å². The molecule has 2 aromatic heterocycles. The lowest BCUT2D eigenvalue weighted by Crippen LogP contribution is -2.25. The molecule has 5 heteroatoms. The highest BCUT2D eigenvalue weighted by atomic mass is 16.5. The van der Waals surface area contributed by atoms with E-state index in [1.165, 1.54) is 0 Å². The van der Waals surface area contributed by atoms with Gasteiger partial charge < -0.3 is 10.5 Å². The largest absolute Gasteiger partial charge is 0.381 e. The molecule has 0 amide bonds. The average molecular weight is 260 g/mol. The van der Waals surface area contributed by atoms with Crippen LogP contribution >= 0.6 is 0 Å². The lowest BCUT2D eigenvalue weighted by atomic mass is 9.93. The van der Waals surface area contributed by atoms with Crippen molar-refractivity contribution in [3.05, 3.63) is 17.8 Å². The number of ether oxygens (including phenoxy) is 1. The smallest absolute Gasteiger partial charge is 0.202 e. The van der Waals surface area contributed by atoms with Crippen LogP contribution < -0.4 is 5.73 Å². The third-order valence-electron chi connectivity index (χ3n) is 4.05. The van der Waals surface area contributed by atoms with Crippen LogP contribution in [0, 0.1) is 12.8 Å². The number of hydrogen-bond acceptors (Lipinski definition) is 4. The summed E-state index contributed by atoms with van der Waals surface area (Å²) in [5, 5.41) is 0. The van der Waals surface area contributed by atoms with E-state index in [-0.39, 0.29) is 0 Å². The molecule has 3 rings (SSSR count). The number of anilines is 1. The maximum absolute atomic E-state index is 6.09. The summed E-state index contributed by atoms with van der Waals surface area (Å²) in [5.74, 6) is 1.14. The van der Waals surface area contributed by atoms with Gasteiger partial charge in [0, 0.05) is 25.5 Å². The summed E-state index contributed by atoms with van der Waals surface area (Å²) >= 11 is 0. The Morgan fingerprint density at radius 3 is 2.89 bits per heavy atom. The lowest BCUT2D eigenvalue weighted by Gasteiger charge is -2.29. The van der Waals surface area contributed by atoms with Crippen LogP contribution in [0.25, 0.3) is 11.2 Å². The fourth-order valence-electron chi connectivity index (χ4n) is 2.91. The second-order valence-electron chi connectivity index (χ2n) is 5.39. The Bertz CT molecular complexity index is 586. The second-order valence-corrected chi connectivity index (χ2v) is 5.39. The highest BCUT2D eigenvalue weighted by molar-refractivity contribution is 5.74. The molecule has 19 heavy (non-hydrogen) atoms. The van der Waals surface area contributed by atoms with Crippen LogP contribution in [0.2, 0.25) is 0 Å². The van der Waals surface area contributed by atoms with Crippen molar-refractivity contribution in [2.45, 2.75) is 32.7 Å². The first-order valence-corrected chi connectivity index (χ1v) is 6.84. The van der Waals surface area contributed by atoms with E-state index in [9.17, 15) is 0 Å². The van der Waals surface area contributed by atoms with Gasteiger partial charge in [-0.05, 0) is 44.2 Å². The maximum atomic E-state index is 6.09. The van der Waals surface area contributed by atoms with Crippen molar-refractivity contribution in [3.63, 3.8) is 0 Å². The van der Waals surface area contributed by atoms with Gasteiger partial charge in [-0.2, -0.15) is 0 Å². The maximum Gasteiger partial charge on any atom is 0.202 e. The monoisotopic (exact) mass is 260 g/mol. The van der Waals surface area contributed by atoms with Crippen LogP contribution in [-0.2, 0) is 4.74 Å². The van der Waals surface area contributed by atoms with E-state index < -0.39 is 0 Å². The van der Waals surface area contributed by atoms with E-state index in [1.807, 2.05) is 19.2 Å². The zero-order valence-corrected chi connectivity index (χ0v) is 11.5. The number of fused-ring (bicyclic) bond motifs is 1. The van der Waals surface area contributed by atoms with Crippen molar-refractivity contribution in [3.8, 4) is 0 Å². The van der Waals surface area contributed by atoms with E-state index in [4.69, 9.17) is 10.5 Å². The van der Waals surface area contributed by atoms with Gasteiger partial charge >= 0.3 is 0 Å². The zero-order valence-electron chi connectivity index (χ0n) is 11.5. The molecule has 0 bridgehead atoms. The molecule has 0 radical (unpaired) electrons. The summed E-state index contributed by atoms with van der Waals surface area (Å²) in [6, 6.07) is 2.34. The van der Waals surface area contributed by atoms with Crippen LogP contribution in [0.4, 0.5) is 5.95 Å². The molecule has 1 aliphatic rings. The number of aryl methyl sites for hydroxylation is 1. The number of imidazole rings is 1. The molecule has 0 spiro atoms. The summed E-state index contributed by atoms with van der Waals surface area (Å²) in [6.45, 7) is 5.90. The van der Waals surface area contributed by atoms with E-state index in [2.05, 4.69) is 21.5 Å². The van der Waals surface area contributed by atoms with Gasteiger partial charge in [-0.3, -0.25) is 4.57 Å². The molecule has 0 saturated carbocycles. The standard InChI is InChI=1S/C14H20N4O/c1-9-7-12-13(16-8-9)18(14(15)17-12)10(2)11-3-5-19-6-4-11/h7-8,10-11H,3-6H2,1-2H3,(H2,15,17). The predicted octanol–water partition coefficient (Wildman–Crippen LogP) is 2.31. The molecule has 1 fully saturated rings. The van der Waals surface area contributed by atoms with E-state index >= 15 is 0 Å². The number of nitrogens with zero attached hydrogens (tertiary/aromatic N) is 3. The number of rotatable bonds is 2. The first kappa shape index (κ1) is 12.4. The lowest BCUT2D eigenvalue weighted by molar-refractivity contribution is 0.0521. The number of pyridine rings is 1. The predicted molar refractivity (Wildman–Crippen MR) is 74.9 cm³/mol. The van der Waals surface area contributed by atoms with Crippen molar-refractivity contribution in [1.82, 2.24) is 14.5 Å². The zero-order chi connectivity index (χ0) is 13.4. The molecule has 102 valence electrons. The van der Waals surface area contributed by atoms with Crippen LogP contribution in [0.1, 0.15) is 31.4 Å². The Morgan fingerprint density at radius 1 is 1.42 bits per heavy atom. The summed E-state index contributed by atoms with van der Waals surface area (Å²) in [6.07, 6.45) is 4.02. The number of nitrogen functional groups attached to an aromatic ring is 1. The fraction of sp³-hybridized carbons (Fsp3) is 0.571. The van der Waals surface area contributed by atoms with E-state index in [0.717, 1.165) is 42.8 Å². The van der Waals surface area contributed by atoms with Gasteiger partial charge in [-0.1, -0.05) is 0 Å². The topological polar surface area (TPSA) is 66.0 Å². The quantitative estimate of drug-likeness (QED) is 0.899. The molecule has 1 atom stereocenters. The molecular formula is C14H20N4O. The van der Waals surface area contributed by atoms with Crippen molar-refractivity contribution >= 4 is 17.1 Å². The Kier molecular flexibility index (Phi) is 3.14. The SMILES string of the molecule is Cc1cnc2c(c1)nc(N)n2C(C)C1CCOCC1. The van der Waals surface area contributed by atoms with Crippen LogP contribution in [0.5, 0.6) is 0 Å². The normalized spacial score (nSPS) is 18.8. The number of aromatic nitrogens is 3. The molecule has 1 unspecified atom stereocenters. The van der Waals surface area contributed by atoms with Crippen molar-refractivity contribution in [2.75, 3.05) is 18.9 Å². The van der Waals surface area contributed by atoms with Gasteiger partial charge in [-0.25, -0.2) is 9.97 Å². The van der Waals surface area contributed by atoms with Gasteiger partial charge in [0.15, 0.2) is 5.65 Å². The van der Waals surface area contributed by atoms with Gasteiger partial charge in [0.2, 0.25) is 5.95 Å². The van der Waals surface area contributed by atoms with Gasteiger partial charge in [0.1, 0.15) is 5.52 Å². The number of hydrogen-bond donors (Lipinski definition) is 1. The third-order valence-corrected chi connectivity index (χ3v) is 4.05. The molecule has 3 heterocycles. The second kappa shape index (κ2) is 4.81. The molecule has 2 N–H and O–H groups in total. The summed E-state index contributed by atoms with van der Waals surface area (Å²) < 4.78 is 7.50. The van der Waals surface area contributed by atoms with E-state index in [0.29, 0.717) is 17.9 Å². The van der Waals surface area contributed by atoms with Gasteiger partial charge in [0.05, 0.1) is 0 Å². The molecule has 0 aliphatic carbocycles. The molecular weight excluding hydrogens is 240 g/mol. The minimum absolute atomic E-state index is 0.309. The molecule has 2 aromatic rings. The fourth-order valence-corrected chi connectivity index (χ4v) is 2.91.